The number of likely N-dealkylation sites (N-methyl/N-ethyl adjacent to an activating group) is 1. The number of amides is 2. The molecule has 4 aromatic rings. The number of ether oxygens (including phenoxy) is 1. The van der Waals surface area contributed by atoms with Gasteiger partial charge < -0.3 is 15.0 Å². The van der Waals surface area contributed by atoms with E-state index in [4.69, 9.17) is 4.74 Å². The molecule has 0 fully saturated rings. The second-order valence-corrected chi connectivity index (χ2v) is 9.82. The molecule has 194 valence electrons. The van der Waals surface area contributed by atoms with E-state index in [-0.39, 0.29) is 23.8 Å². The summed E-state index contributed by atoms with van der Waals surface area (Å²) in [5.41, 5.74) is 1.96. The van der Waals surface area contributed by atoms with Crippen LogP contribution in [0.25, 0.3) is 16.2 Å². The molecule has 1 aliphatic rings. The SMILES string of the molecule is CN(C)CC#Cc1ccc2c(c1)N(C)C(=O)[C@@H](NC(=O)c1cn3c(-c4ccc(F)cc4F)csc3n1)CO2. The van der Waals surface area contributed by atoms with E-state index in [1.807, 2.05) is 25.1 Å². The summed E-state index contributed by atoms with van der Waals surface area (Å²) in [5.74, 6) is 4.30. The lowest BCUT2D eigenvalue weighted by Crippen LogP contribution is -2.49. The molecule has 0 bridgehead atoms. The summed E-state index contributed by atoms with van der Waals surface area (Å²) < 4.78 is 35.1. The van der Waals surface area contributed by atoms with Gasteiger partial charge in [0.1, 0.15) is 35.7 Å². The highest BCUT2D eigenvalue weighted by molar-refractivity contribution is 7.15. The minimum absolute atomic E-state index is 0.0521. The first-order chi connectivity index (χ1) is 18.2. The number of thiazole rings is 1. The number of imidazole rings is 1. The van der Waals surface area contributed by atoms with Crippen molar-refractivity contribution in [3.63, 3.8) is 0 Å². The number of rotatable bonds is 4. The molecule has 0 spiro atoms. The van der Waals surface area contributed by atoms with Crippen molar-refractivity contribution in [1.29, 1.82) is 0 Å². The van der Waals surface area contributed by atoms with Crippen molar-refractivity contribution in [2.24, 2.45) is 0 Å². The first kappa shape index (κ1) is 25.4. The molecule has 0 saturated carbocycles. The number of hydrogen-bond donors (Lipinski definition) is 1. The van der Waals surface area contributed by atoms with E-state index in [1.54, 1.807) is 29.0 Å². The third-order valence-corrected chi connectivity index (χ3v) is 6.78. The van der Waals surface area contributed by atoms with Crippen molar-refractivity contribution in [1.82, 2.24) is 19.6 Å². The van der Waals surface area contributed by atoms with Crippen LogP contribution in [0.15, 0.2) is 48.0 Å². The highest BCUT2D eigenvalue weighted by Crippen LogP contribution is 2.32. The Morgan fingerprint density at radius 1 is 1.26 bits per heavy atom. The molecule has 8 nitrogen and oxygen atoms in total. The number of carbonyl (C=O) groups is 2. The number of halogens is 2. The van der Waals surface area contributed by atoms with Gasteiger partial charge in [0.05, 0.1) is 17.9 Å². The van der Waals surface area contributed by atoms with Crippen LogP contribution in [-0.4, -0.2) is 66.4 Å². The van der Waals surface area contributed by atoms with Gasteiger partial charge in [-0.1, -0.05) is 11.8 Å². The summed E-state index contributed by atoms with van der Waals surface area (Å²) in [5, 5.41) is 4.37. The first-order valence-corrected chi connectivity index (χ1v) is 12.5. The zero-order valence-electron chi connectivity index (χ0n) is 20.8. The molecule has 1 aliphatic heterocycles. The quantitative estimate of drug-likeness (QED) is 0.406. The predicted molar refractivity (Wildman–Crippen MR) is 140 cm³/mol. The van der Waals surface area contributed by atoms with Gasteiger partial charge >= 0.3 is 0 Å². The zero-order chi connectivity index (χ0) is 27.0. The monoisotopic (exact) mass is 535 g/mol. The second-order valence-electron chi connectivity index (χ2n) is 8.98. The average Bonchev–Trinajstić information content (AvgIpc) is 3.44. The molecule has 0 aliphatic carbocycles. The van der Waals surface area contributed by atoms with Crippen LogP contribution < -0.4 is 15.0 Å². The number of nitrogens with one attached hydrogen (secondary N) is 1. The molecular formula is C27H23F2N5O3S. The van der Waals surface area contributed by atoms with Gasteiger partial charge in [0.15, 0.2) is 4.96 Å². The van der Waals surface area contributed by atoms with E-state index < -0.39 is 23.6 Å². The molecule has 0 radical (unpaired) electrons. The molecular weight excluding hydrogens is 512 g/mol. The molecule has 1 atom stereocenters. The molecule has 2 aromatic carbocycles. The largest absolute Gasteiger partial charge is 0.489 e. The van der Waals surface area contributed by atoms with Gasteiger partial charge in [-0.2, -0.15) is 0 Å². The third kappa shape index (κ3) is 4.96. The summed E-state index contributed by atoms with van der Waals surface area (Å²) in [6.07, 6.45) is 1.46. The normalized spacial score (nSPS) is 15.1. The number of benzene rings is 2. The summed E-state index contributed by atoms with van der Waals surface area (Å²) in [7, 11) is 5.47. The van der Waals surface area contributed by atoms with Crippen molar-refractivity contribution in [2.45, 2.75) is 6.04 Å². The Hall–Kier alpha value is -4.27. The third-order valence-electron chi connectivity index (χ3n) is 5.94. The van der Waals surface area contributed by atoms with Crippen LogP contribution in [0.1, 0.15) is 16.1 Å². The van der Waals surface area contributed by atoms with Crippen LogP contribution in [0.5, 0.6) is 5.75 Å². The maximum absolute atomic E-state index is 14.4. The fraction of sp³-hybridized carbons (Fsp3) is 0.222. The van der Waals surface area contributed by atoms with Crippen molar-refractivity contribution in [3.05, 3.63) is 70.9 Å². The highest BCUT2D eigenvalue weighted by atomic mass is 32.1. The van der Waals surface area contributed by atoms with Crippen LogP contribution >= 0.6 is 11.3 Å². The van der Waals surface area contributed by atoms with Gasteiger partial charge in [-0.25, -0.2) is 13.8 Å². The number of carbonyl (C=O) groups excluding carboxylic acids is 2. The van der Waals surface area contributed by atoms with Gasteiger partial charge in [0.2, 0.25) is 0 Å². The fourth-order valence-corrected chi connectivity index (χ4v) is 4.87. The number of nitrogens with zero attached hydrogens (tertiary/aromatic N) is 4. The molecule has 2 amide bonds. The summed E-state index contributed by atoms with van der Waals surface area (Å²) in [6.45, 7) is 0.532. The van der Waals surface area contributed by atoms with Crippen molar-refractivity contribution >= 4 is 33.8 Å². The van der Waals surface area contributed by atoms with E-state index in [0.29, 0.717) is 28.6 Å². The maximum atomic E-state index is 14.4. The Bertz CT molecular complexity index is 1620. The lowest BCUT2D eigenvalue weighted by atomic mass is 10.1. The number of aromatic nitrogens is 2. The molecule has 1 N–H and O–H groups in total. The fourth-order valence-electron chi connectivity index (χ4n) is 4.00. The Balaban J connectivity index is 1.34. The van der Waals surface area contributed by atoms with Crippen LogP contribution in [0, 0.1) is 23.5 Å². The molecule has 3 heterocycles. The van der Waals surface area contributed by atoms with Gasteiger partial charge in [0, 0.05) is 35.8 Å². The Labute approximate surface area is 221 Å². The Morgan fingerprint density at radius 3 is 2.84 bits per heavy atom. The molecule has 5 rings (SSSR count). The van der Waals surface area contributed by atoms with Crippen molar-refractivity contribution in [2.75, 3.05) is 39.2 Å². The number of hydrogen-bond acceptors (Lipinski definition) is 6. The van der Waals surface area contributed by atoms with Crippen LogP contribution in [0.3, 0.4) is 0 Å². The minimum Gasteiger partial charge on any atom is -0.489 e. The topological polar surface area (TPSA) is 79.2 Å². The number of anilines is 1. The summed E-state index contributed by atoms with van der Waals surface area (Å²) >= 11 is 1.21. The van der Waals surface area contributed by atoms with E-state index in [9.17, 15) is 18.4 Å². The molecule has 38 heavy (non-hydrogen) atoms. The standard InChI is InChI=1S/C27H23F2N5O3S/c1-32(2)10-4-5-16-6-9-24-22(11-16)33(3)26(36)21(14-37-24)30-25(35)20-13-34-23(15-38-27(34)31-20)18-8-7-17(28)12-19(18)29/h6-9,11-13,15,21H,10,14H2,1-3H3,(H,30,35)/t21-/m0/s1. The van der Waals surface area contributed by atoms with Crippen molar-refractivity contribution < 1.29 is 23.1 Å². The van der Waals surface area contributed by atoms with Gasteiger partial charge in [-0.05, 0) is 44.4 Å². The minimum atomic E-state index is -0.961. The number of fused-ring (bicyclic) bond motifs is 2. The zero-order valence-corrected chi connectivity index (χ0v) is 21.6. The van der Waals surface area contributed by atoms with E-state index >= 15 is 0 Å². The Kier molecular flexibility index (Phi) is 6.84. The first-order valence-electron chi connectivity index (χ1n) is 11.6. The average molecular weight is 536 g/mol. The molecule has 0 saturated heterocycles. The van der Waals surface area contributed by atoms with E-state index in [0.717, 1.165) is 17.7 Å². The van der Waals surface area contributed by atoms with Gasteiger partial charge in [-0.3, -0.25) is 18.9 Å². The van der Waals surface area contributed by atoms with E-state index in [1.165, 1.54) is 28.5 Å². The molecule has 11 heteroatoms. The van der Waals surface area contributed by atoms with Crippen molar-refractivity contribution in [3.8, 4) is 28.8 Å². The van der Waals surface area contributed by atoms with Crippen LogP contribution in [0.4, 0.5) is 14.5 Å². The molecule has 2 aromatic heterocycles. The summed E-state index contributed by atoms with van der Waals surface area (Å²) in [4.78, 5) is 34.4. The second kappa shape index (κ2) is 10.2. The predicted octanol–water partition coefficient (Wildman–Crippen LogP) is 3.41. The molecule has 0 unspecified atom stereocenters. The van der Waals surface area contributed by atoms with Gasteiger partial charge in [0.25, 0.3) is 11.8 Å². The maximum Gasteiger partial charge on any atom is 0.272 e. The van der Waals surface area contributed by atoms with Crippen LogP contribution in [-0.2, 0) is 4.79 Å². The van der Waals surface area contributed by atoms with E-state index in [2.05, 4.69) is 22.1 Å². The summed E-state index contributed by atoms with van der Waals surface area (Å²) in [6, 6.07) is 7.69. The van der Waals surface area contributed by atoms with Crippen LogP contribution in [0.2, 0.25) is 0 Å². The highest BCUT2D eigenvalue weighted by Gasteiger charge is 2.31. The smallest absolute Gasteiger partial charge is 0.272 e. The lowest BCUT2D eigenvalue weighted by Gasteiger charge is -2.20. The van der Waals surface area contributed by atoms with Gasteiger partial charge in [-0.15, -0.1) is 11.3 Å². The Morgan fingerprint density at radius 2 is 2.08 bits per heavy atom. The lowest BCUT2D eigenvalue weighted by molar-refractivity contribution is -0.120.